The van der Waals surface area contributed by atoms with E-state index in [0.29, 0.717) is 12.1 Å². The number of rotatable bonds is 48. The Morgan fingerprint density at radius 1 is 0.348 bits per heavy atom. The van der Waals surface area contributed by atoms with Crippen molar-refractivity contribution in [2.75, 3.05) is 53.6 Å². The van der Waals surface area contributed by atoms with Gasteiger partial charge in [-0.2, -0.15) is 0 Å². The van der Waals surface area contributed by atoms with Gasteiger partial charge < -0.3 is 27.5 Å². The quantitative estimate of drug-likeness (QED) is 0.0344. The summed E-state index contributed by atoms with van der Waals surface area (Å²) in [5.74, 6) is 0. The van der Waals surface area contributed by atoms with Crippen LogP contribution < -0.4 is 0 Å². The Bertz CT molecular complexity index is 1010. The van der Waals surface area contributed by atoms with Gasteiger partial charge in [-0.15, -0.1) is 0 Å². The van der Waals surface area contributed by atoms with Crippen molar-refractivity contribution in [3.05, 3.63) is 48.6 Å². The molecule has 1 saturated carbocycles. The topological polar surface area (TPSA) is 43.4 Å². The zero-order chi connectivity index (χ0) is 48.1. The van der Waals surface area contributed by atoms with E-state index in [9.17, 15) is 0 Å². The van der Waals surface area contributed by atoms with E-state index in [0.717, 1.165) is 89.9 Å². The van der Waals surface area contributed by atoms with E-state index in [1.165, 1.54) is 167 Å². The zero-order valence-corrected chi connectivity index (χ0v) is 47.6. The van der Waals surface area contributed by atoms with E-state index in [2.05, 4.69) is 113 Å². The minimum atomic E-state index is -2.20. The lowest BCUT2D eigenvalue weighted by molar-refractivity contribution is 0.122. The summed E-state index contributed by atoms with van der Waals surface area (Å²) in [6.07, 6.45) is 58.6. The molecule has 0 saturated heterocycles. The van der Waals surface area contributed by atoms with Gasteiger partial charge in [0.05, 0.1) is 0 Å². The van der Waals surface area contributed by atoms with Crippen LogP contribution >= 0.6 is 0 Å². The summed E-state index contributed by atoms with van der Waals surface area (Å²) >= 11 is 0. The predicted molar refractivity (Wildman–Crippen MR) is 296 cm³/mol. The van der Waals surface area contributed by atoms with E-state index >= 15 is 0 Å². The highest BCUT2D eigenvalue weighted by molar-refractivity contribution is 6.66. The second-order valence-corrected chi connectivity index (χ2v) is 27.1. The molecule has 0 bridgehead atoms. The first kappa shape index (κ1) is 63.2. The molecule has 0 aliphatic heterocycles. The number of allylic oxidation sites excluding steroid dienone is 8. The summed E-state index contributed by atoms with van der Waals surface area (Å²) in [5.41, 5.74) is 0. The number of nitrogens with zero attached hydrogens (tertiary/aromatic N) is 2. The third kappa shape index (κ3) is 37.0. The first-order valence-corrected chi connectivity index (χ1v) is 33.8. The average molecular weight is 960 g/mol. The van der Waals surface area contributed by atoms with Crippen LogP contribution in [-0.4, -0.2) is 92.6 Å². The molecule has 0 unspecified atom stereocenters. The summed E-state index contributed by atoms with van der Waals surface area (Å²) in [5, 5.41) is 0. The van der Waals surface area contributed by atoms with Crippen LogP contribution in [-0.2, 0) is 17.7 Å². The van der Waals surface area contributed by atoms with Crippen molar-refractivity contribution in [3.8, 4) is 0 Å². The van der Waals surface area contributed by atoms with Crippen molar-refractivity contribution in [2.24, 2.45) is 0 Å². The van der Waals surface area contributed by atoms with Gasteiger partial charge in [-0.1, -0.05) is 141 Å². The molecular weight excluding hydrogens is 845 g/mol. The van der Waals surface area contributed by atoms with Gasteiger partial charge in [-0.3, -0.25) is 0 Å². The summed E-state index contributed by atoms with van der Waals surface area (Å²) < 4.78 is 26.7. The molecule has 1 rings (SSSR count). The Morgan fingerprint density at radius 3 is 0.833 bits per heavy atom. The monoisotopic (exact) mass is 959 g/mol. The maximum Gasteiger partial charge on any atom is 0.334 e. The Hall–Kier alpha value is -0.846. The molecule has 66 heavy (non-hydrogen) atoms. The third-order valence-electron chi connectivity index (χ3n) is 14.0. The van der Waals surface area contributed by atoms with Gasteiger partial charge >= 0.3 is 17.1 Å². The van der Waals surface area contributed by atoms with Crippen molar-refractivity contribution in [1.82, 2.24) is 9.80 Å². The Balaban J connectivity index is 2.50. The fraction of sp³-hybridized carbons (Fsp3) is 0.862. The molecule has 1 aliphatic carbocycles. The highest BCUT2D eigenvalue weighted by Crippen LogP contribution is 2.27. The van der Waals surface area contributed by atoms with E-state index in [1.807, 2.05) is 0 Å². The van der Waals surface area contributed by atoms with Crippen LogP contribution in [0.1, 0.15) is 233 Å². The molecular formula is C58H114N2O4Si2. The Labute approximate surface area is 415 Å². The van der Waals surface area contributed by atoms with Crippen LogP contribution in [0, 0.1) is 0 Å². The zero-order valence-electron chi connectivity index (χ0n) is 45.6. The van der Waals surface area contributed by atoms with Crippen LogP contribution in [0.15, 0.2) is 48.6 Å². The molecule has 1 fully saturated rings. The SMILES string of the molecule is CCCCC/C=C\CCCO[Si](C)(CCCCN(C)C1CCC(N(C)CCCC[Si](C)(OCCC/C=C\CCCCC)OCCC/C=C\CCCCC)CC1)OCCC/C=C\CCCCC. The lowest BCUT2D eigenvalue weighted by Gasteiger charge is -2.38. The van der Waals surface area contributed by atoms with Crippen molar-refractivity contribution in [1.29, 1.82) is 0 Å². The fourth-order valence-corrected chi connectivity index (χ4v) is 14.1. The number of hydrogen-bond acceptors (Lipinski definition) is 6. The minimum Gasteiger partial charge on any atom is -0.394 e. The molecule has 0 atom stereocenters. The number of unbranched alkanes of at least 4 members (excludes halogenated alkanes) is 18. The van der Waals surface area contributed by atoms with Crippen LogP contribution in [0.3, 0.4) is 0 Å². The molecule has 0 aromatic heterocycles. The first-order valence-electron chi connectivity index (χ1n) is 28.8. The van der Waals surface area contributed by atoms with Gasteiger partial charge in [-0.05, 0) is 194 Å². The predicted octanol–water partition coefficient (Wildman–Crippen LogP) is 17.6. The molecule has 1 aliphatic rings. The summed E-state index contributed by atoms with van der Waals surface area (Å²) in [6, 6.07) is 3.63. The second kappa shape index (κ2) is 45.3. The largest absolute Gasteiger partial charge is 0.394 e. The van der Waals surface area contributed by atoms with E-state index in [1.54, 1.807) is 0 Å². The van der Waals surface area contributed by atoms with Crippen LogP contribution in [0.2, 0.25) is 25.2 Å². The minimum absolute atomic E-state index is 0.713. The Kier molecular flexibility index (Phi) is 43.4. The average Bonchev–Trinajstić information content (AvgIpc) is 3.32. The summed E-state index contributed by atoms with van der Waals surface area (Å²) in [4.78, 5) is 5.35. The lowest BCUT2D eigenvalue weighted by Crippen LogP contribution is -2.42. The molecule has 0 spiro atoms. The molecule has 0 N–H and O–H groups in total. The fourth-order valence-electron chi connectivity index (χ4n) is 9.24. The van der Waals surface area contributed by atoms with Crippen LogP contribution in [0.4, 0.5) is 0 Å². The molecule has 0 radical (unpaired) electrons. The second-order valence-electron chi connectivity index (χ2n) is 20.4. The van der Waals surface area contributed by atoms with Crippen molar-refractivity contribution >= 4 is 17.1 Å². The normalized spacial score (nSPS) is 16.6. The highest BCUT2D eigenvalue weighted by atomic mass is 28.4. The maximum atomic E-state index is 6.67. The van der Waals surface area contributed by atoms with E-state index in [4.69, 9.17) is 17.7 Å². The van der Waals surface area contributed by atoms with Crippen molar-refractivity contribution < 1.29 is 17.7 Å². The van der Waals surface area contributed by atoms with Crippen molar-refractivity contribution in [2.45, 2.75) is 270 Å². The molecule has 8 heteroatoms. The highest BCUT2D eigenvalue weighted by Gasteiger charge is 2.32. The molecule has 0 heterocycles. The van der Waals surface area contributed by atoms with Gasteiger partial charge in [0, 0.05) is 38.5 Å². The molecule has 0 aromatic carbocycles. The third-order valence-corrected chi connectivity index (χ3v) is 19.7. The smallest absolute Gasteiger partial charge is 0.334 e. The van der Waals surface area contributed by atoms with Gasteiger partial charge in [0.2, 0.25) is 0 Å². The van der Waals surface area contributed by atoms with Gasteiger partial charge in [0.15, 0.2) is 0 Å². The van der Waals surface area contributed by atoms with Gasteiger partial charge in [0.25, 0.3) is 0 Å². The van der Waals surface area contributed by atoms with Crippen LogP contribution in [0.5, 0.6) is 0 Å². The van der Waals surface area contributed by atoms with Crippen LogP contribution in [0.25, 0.3) is 0 Å². The van der Waals surface area contributed by atoms with Gasteiger partial charge in [0.1, 0.15) is 0 Å². The maximum absolute atomic E-state index is 6.67. The standard InChI is InChI=1S/C58H114N2O4Si2/c1-9-13-17-21-25-29-33-39-51-61-65(7,62-52-40-34-30-26-22-18-14-10-2)55-43-37-49-59(5)57-45-47-58(48-46-57)60(6)50-38-44-56-66(8,63-53-41-35-31-27-23-19-15-11-3)64-54-42-36-32-28-24-20-16-12-4/h25-32,57-58H,9-24,33-56H2,1-8H3/b29-25-,30-26-,31-27-,32-28-. The molecule has 0 amide bonds. The summed E-state index contributed by atoms with van der Waals surface area (Å²) in [6.45, 7) is 19.5. The number of hydrogen-bond donors (Lipinski definition) is 0. The Morgan fingerprint density at radius 2 is 0.591 bits per heavy atom. The summed E-state index contributed by atoms with van der Waals surface area (Å²) in [7, 11) is 0.363. The molecule has 6 nitrogen and oxygen atoms in total. The molecule has 388 valence electrons. The van der Waals surface area contributed by atoms with Gasteiger partial charge in [-0.25, -0.2) is 0 Å². The van der Waals surface area contributed by atoms with E-state index < -0.39 is 17.1 Å². The first-order chi connectivity index (χ1) is 32.2. The van der Waals surface area contributed by atoms with Crippen molar-refractivity contribution in [3.63, 3.8) is 0 Å². The van der Waals surface area contributed by atoms with E-state index in [-0.39, 0.29) is 0 Å². The lowest BCUT2D eigenvalue weighted by atomic mass is 9.89. The molecule has 0 aromatic rings.